The topological polar surface area (TPSA) is 47.3 Å². The molecule has 6 heteroatoms. The van der Waals surface area contributed by atoms with Crippen molar-refractivity contribution >= 4 is 0 Å². The van der Waals surface area contributed by atoms with Crippen molar-refractivity contribution in [2.24, 2.45) is 0 Å². The number of nitrogens with zero attached hydrogens (tertiary/aromatic N) is 2. The van der Waals surface area contributed by atoms with Crippen LogP contribution in [0.15, 0.2) is 36.4 Å². The van der Waals surface area contributed by atoms with E-state index in [0.29, 0.717) is 29.7 Å². The van der Waals surface area contributed by atoms with Gasteiger partial charge in [0.25, 0.3) is 0 Å². The van der Waals surface area contributed by atoms with E-state index in [1.165, 1.54) is 24.3 Å². The Morgan fingerprint density at radius 3 is 2.54 bits per heavy atom. The Hall–Kier alpha value is -2.36. The predicted molar refractivity (Wildman–Crippen MR) is 81.2 cm³/mol. The molecule has 24 heavy (non-hydrogen) atoms. The van der Waals surface area contributed by atoms with Gasteiger partial charge in [-0.1, -0.05) is 6.07 Å². The molecule has 0 radical (unpaired) electrons. The number of nitriles is 1. The van der Waals surface area contributed by atoms with E-state index in [1.807, 2.05) is 6.07 Å². The lowest BCUT2D eigenvalue weighted by Gasteiger charge is -2.25. The van der Waals surface area contributed by atoms with Gasteiger partial charge in [0.1, 0.15) is 5.82 Å². The van der Waals surface area contributed by atoms with Crippen molar-refractivity contribution in [2.75, 3.05) is 6.54 Å². The van der Waals surface area contributed by atoms with Crippen molar-refractivity contribution in [1.29, 1.82) is 5.26 Å². The van der Waals surface area contributed by atoms with E-state index >= 15 is 0 Å². The van der Waals surface area contributed by atoms with E-state index in [0.717, 1.165) is 12.1 Å². The molecule has 2 aromatic rings. The molecule has 0 amide bonds. The van der Waals surface area contributed by atoms with Gasteiger partial charge in [-0.05, 0) is 42.3 Å². The Morgan fingerprint density at radius 2 is 1.83 bits per heavy atom. The molecule has 0 spiro atoms. The third-order valence-electron chi connectivity index (χ3n) is 4.26. The molecule has 3 nitrogen and oxygen atoms in total. The summed E-state index contributed by atoms with van der Waals surface area (Å²) in [4.78, 5) is 1.80. The SMILES string of the molecule is N#Cc1ccc(F)c(CN2CC(O)CC2c2ccc(F)c(F)c2)c1. The number of likely N-dealkylation sites (tertiary alicyclic amines) is 1. The second-order valence-electron chi connectivity index (χ2n) is 5.93. The lowest BCUT2D eigenvalue weighted by atomic mass is 10.0. The molecule has 1 saturated heterocycles. The molecule has 0 aromatic heterocycles. The first-order valence-electron chi connectivity index (χ1n) is 7.53. The summed E-state index contributed by atoms with van der Waals surface area (Å²) >= 11 is 0. The van der Waals surface area contributed by atoms with E-state index in [4.69, 9.17) is 5.26 Å². The minimum absolute atomic E-state index is 0.169. The molecule has 0 bridgehead atoms. The number of rotatable bonds is 3. The zero-order valence-electron chi connectivity index (χ0n) is 12.7. The van der Waals surface area contributed by atoms with Crippen LogP contribution in [0.5, 0.6) is 0 Å². The van der Waals surface area contributed by atoms with Gasteiger partial charge in [0.05, 0.1) is 17.7 Å². The fourth-order valence-electron chi connectivity index (χ4n) is 3.10. The molecule has 0 aliphatic carbocycles. The van der Waals surface area contributed by atoms with E-state index in [2.05, 4.69) is 0 Å². The molecule has 3 rings (SSSR count). The Bertz CT molecular complexity index is 803. The number of halogens is 3. The van der Waals surface area contributed by atoms with Crippen LogP contribution >= 0.6 is 0 Å². The van der Waals surface area contributed by atoms with Crippen LogP contribution in [0, 0.1) is 28.8 Å². The van der Waals surface area contributed by atoms with Gasteiger partial charge in [0.2, 0.25) is 0 Å². The number of hydrogen-bond acceptors (Lipinski definition) is 3. The van der Waals surface area contributed by atoms with Gasteiger partial charge in [-0.25, -0.2) is 13.2 Å². The minimum Gasteiger partial charge on any atom is -0.392 e. The second-order valence-corrected chi connectivity index (χ2v) is 5.93. The number of hydrogen-bond donors (Lipinski definition) is 1. The Balaban J connectivity index is 1.88. The molecule has 124 valence electrons. The van der Waals surface area contributed by atoms with E-state index in [9.17, 15) is 18.3 Å². The summed E-state index contributed by atoms with van der Waals surface area (Å²) in [5.41, 5.74) is 1.20. The lowest BCUT2D eigenvalue weighted by molar-refractivity contribution is 0.172. The third kappa shape index (κ3) is 3.28. The summed E-state index contributed by atoms with van der Waals surface area (Å²) in [6, 6.07) is 9.31. The van der Waals surface area contributed by atoms with Gasteiger partial charge in [-0.3, -0.25) is 4.90 Å². The van der Waals surface area contributed by atoms with Crippen molar-refractivity contribution in [3.8, 4) is 6.07 Å². The zero-order chi connectivity index (χ0) is 17.3. The first kappa shape index (κ1) is 16.5. The third-order valence-corrected chi connectivity index (χ3v) is 4.26. The number of β-amino-alcohol motifs (C(OH)–C–C–N with tert-alkyl or cyclic N) is 1. The van der Waals surface area contributed by atoms with Crippen molar-refractivity contribution in [2.45, 2.75) is 25.1 Å². The molecule has 1 heterocycles. The number of benzene rings is 2. The molecule has 2 atom stereocenters. The normalized spacial score (nSPS) is 21.0. The quantitative estimate of drug-likeness (QED) is 0.938. The zero-order valence-corrected chi connectivity index (χ0v) is 12.7. The largest absolute Gasteiger partial charge is 0.392 e. The Kier molecular flexibility index (Phi) is 4.56. The minimum atomic E-state index is -0.952. The molecule has 0 saturated carbocycles. The second kappa shape index (κ2) is 6.63. The summed E-state index contributed by atoms with van der Waals surface area (Å²) in [6.45, 7) is 0.460. The summed E-state index contributed by atoms with van der Waals surface area (Å²) in [7, 11) is 0. The molecular weight excluding hydrogens is 317 g/mol. The fraction of sp³-hybridized carbons (Fsp3) is 0.278. The van der Waals surface area contributed by atoms with Gasteiger partial charge < -0.3 is 5.11 Å². The van der Waals surface area contributed by atoms with Crippen LogP contribution < -0.4 is 0 Å². The maximum absolute atomic E-state index is 14.0. The van der Waals surface area contributed by atoms with Crippen LogP contribution in [-0.4, -0.2) is 22.7 Å². The Morgan fingerprint density at radius 1 is 1.08 bits per heavy atom. The highest BCUT2D eigenvalue weighted by molar-refractivity contribution is 5.34. The van der Waals surface area contributed by atoms with Crippen LogP contribution in [0.25, 0.3) is 0 Å². The maximum Gasteiger partial charge on any atom is 0.159 e. The molecular formula is C18H15F3N2O. The van der Waals surface area contributed by atoms with E-state index in [-0.39, 0.29) is 12.6 Å². The van der Waals surface area contributed by atoms with Crippen molar-refractivity contribution in [1.82, 2.24) is 4.90 Å². The first-order chi connectivity index (χ1) is 11.5. The molecule has 1 N–H and O–H groups in total. The van der Waals surface area contributed by atoms with Gasteiger partial charge >= 0.3 is 0 Å². The molecule has 1 fully saturated rings. The van der Waals surface area contributed by atoms with Gasteiger partial charge in [0, 0.05) is 24.7 Å². The predicted octanol–water partition coefficient (Wildman–Crippen LogP) is 3.28. The number of aliphatic hydroxyl groups is 1. The van der Waals surface area contributed by atoms with E-state index < -0.39 is 23.6 Å². The fourth-order valence-corrected chi connectivity index (χ4v) is 3.10. The van der Waals surface area contributed by atoms with Crippen LogP contribution in [0.1, 0.15) is 29.2 Å². The van der Waals surface area contributed by atoms with Crippen molar-refractivity contribution in [3.63, 3.8) is 0 Å². The van der Waals surface area contributed by atoms with Crippen molar-refractivity contribution in [3.05, 3.63) is 70.5 Å². The lowest BCUT2D eigenvalue weighted by Crippen LogP contribution is -2.25. The van der Waals surface area contributed by atoms with E-state index in [1.54, 1.807) is 4.90 Å². The number of aliphatic hydroxyl groups excluding tert-OH is 1. The average Bonchev–Trinajstić information content (AvgIpc) is 2.92. The summed E-state index contributed by atoms with van der Waals surface area (Å²) in [5, 5.41) is 18.9. The summed E-state index contributed by atoms with van der Waals surface area (Å²) < 4.78 is 40.6. The van der Waals surface area contributed by atoms with Crippen molar-refractivity contribution < 1.29 is 18.3 Å². The smallest absolute Gasteiger partial charge is 0.159 e. The summed E-state index contributed by atoms with van der Waals surface area (Å²) in [5.74, 6) is -2.33. The molecule has 1 aliphatic heterocycles. The molecule has 2 aromatic carbocycles. The van der Waals surface area contributed by atoms with Gasteiger partial charge in [0.15, 0.2) is 11.6 Å². The van der Waals surface area contributed by atoms with Crippen LogP contribution in [0.4, 0.5) is 13.2 Å². The molecule has 1 aliphatic rings. The first-order valence-corrected chi connectivity index (χ1v) is 7.53. The van der Waals surface area contributed by atoms with Crippen LogP contribution in [0.2, 0.25) is 0 Å². The molecule has 2 unspecified atom stereocenters. The van der Waals surface area contributed by atoms with Gasteiger partial charge in [-0.2, -0.15) is 5.26 Å². The monoisotopic (exact) mass is 332 g/mol. The standard InChI is InChI=1S/C18H15F3N2O/c19-15-3-1-11(8-22)5-13(15)9-23-10-14(24)7-18(23)12-2-4-16(20)17(21)6-12/h1-6,14,18,24H,7,9-10H2. The summed E-state index contributed by atoms with van der Waals surface area (Å²) in [6.07, 6.45) is -0.282. The average molecular weight is 332 g/mol. The highest BCUT2D eigenvalue weighted by atomic mass is 19.2. The maximum atomic E-state index is 14.0. The van der Waals surface area contributed by atoms with Gasteiger partial charge in [-0.15, -0.1) is 0 Å². The van der Waals surface area contributed by atoms with Crippen LogP contribution in [-0.2, 0) is 6.54 Å². The highest BCUT2D eigenvalue weighted by Gasteiger charge is 2.32. The highest BCUT2D eigenvalue weighted by Crippen LogP contribution is 2.34. The Labute approximate surface area is 137 Å². The van der Waals surface area contributed by atoms with Crippen LogP contribution in [0.3, 0.4) is 0 Å².